The first-order valence-electron chi connectivity index (χ1n) is 43.3. The summed E-state index contributed by atoms with van der Waals surface area (Å²) in [5, 5.41) is 32.1. The first-order chi connectivity index (χ1) is 63.9. The van der Waals surface area contributed by atoms with Crippen LogP contribution in [0.5, 0.6) is 0 Å². The first-order valence-corrected chi connectivity index (χ1v) is 45.3. The summed E-state index contributed by atoms with van der Waals surface area (Å²) in [6.07, 6.45) is -2.16. The Morgan fingerprint density at radius 2 is 0.725 bits per heavy atom. The van der Waals surface area contributed by atoms with Gasteiger partial charge in [0.1, 0.15) is 26.2 Å². The molecule has 0 aliphatic carbocycles. The molecule has 4 aliphatic heterocycles. The van der Waals surface area contributed by atoms with Gasteiger partial charge in [-0.3, -0.25) is 43.2 Å². The summed E-state index contributed by atoms with van der Waals surface area (Å²) in [5.41, 5.74) is 20.9. The minimum Gasteiger partial charge on any atom is -0.343 e. The van der Waals surface area contributed by atoms with E-state index in [0.717, 1.165) is 136 Å². The van der Waals surface area contributed by atoms with Gasteiger partial charge in [-0.2, -0.15) is 33.6 Å². The highest BCUT2D eigenvalue weighted by molar-refractivity contribution is 7.16. The number of rotatable bonds is 19. The number of alkyl halides is 3. The van der Waals surface area contributed by atoms with E-state index in [2.05, 4.69) is 74.3 Å². The van der Waals surface area contributed by atoms with Gasteiger partial charge in [0.05, 0.1) is 57.8 Å². The topological polar surface area (TPSA) is 236 Å². The van der Waals surface area contributed by atoms with Crippen LogP contribution in [0.2, 0.25) is 5.02 Å². The maximum absolute atomic E-state index is 13.3. The van der Waals surface area contributed by atoms with Gasteiger partial charge in [0, 0.05) is 104 Å². The number of hydrogen-bond acceptors (Lipinski definition) is 15. The lowest BCUT2D eigenvalue weighted by atomic mass is 10.00. The number of halogens is 4. The van der Waals surface area contributed by atoms with Gasteiger partial charge in [-0.25, -0.2) is 9.78 Å². The van der Waals surface area contributed by atoms with Gasteiger partial charge in [0.15, 0.2) is 5.13 Å². The standard InChI is InChI=1S/C26H22ClN3O.C26H26N6O2S.C26H23N3O.C24H21F3N6OS/c27-23-13-7-12-21-17-29(15-14-22(21)23)26(31)18-30-25(20-10-5-2-6-11-20)16-24(28-30)19-8-3-1-4-9-19;1-2-27-25(34)29-26-28-20-13-14-31(16-23(20)35-26)24(33)17-32-22(19-11-7-4-8-12-19)15-21(30-32)18-9-5-3-6-10-18;30-26(28-16-15-20-9-7-8-14-23(20)18-28)19-29-25(22-12-5-2-6-13-22)17-24(27-29)21-10-3-1-4-11-21;25-24(26,27)22-28-29-23(35-22)32-13-11-31(12-14-32)21(34)16-33-20(18-9-5-2-6-10-18)15-19(30-33)17-7-3-1-4-8-17/h1-13,16H,14-15,17-18H2;3-12,15H,2,13-14,16-17H2,1H3,(H2,27,28,29,34);1-14,17H,15-16,18-19H2;1-10,15H,11-14,16H2. The number of amides is 6. The van der Waals surface area contributed by atoms with Crippen LogP contribution in [0, 0.1) is 0 Å². The molecule has 0 spiro atoms. The first kappa shape index (κ1) is 88.3. The van der Waals surface area contributed by atoms with Crippen molar-refractivity contribution in [3.8, 4) is 90.1 Å². The maximum atomic E-state index is 13.3. The Hall–Kier alpha value is -14.7. The highest BCUT2D eigenvalue weighted by atomic mass is 35.5. The predicted molar refractivity (Wildman–Crippen MR) is 506 cm³/mol. The fraction of sp³-hybridized carbons (Fsp3) is 0.196. The molecule has 1 saturated heterocycles. The number of nitrogens with zero attached hydrogens (tertiary/aromatic N) is 16. The molecule has 0 unspecified atom stereocenters. The highest BCUT2D eigenvalue weighted by Gasteiger charge is 2.37. The molecule has 10 aromatic carbocycles. The third-order valence-corrected chi connectivity index (χ3v) is 25.4. The van der Waals surface area contributed by atoms with Crippen LogP contribution in [-0.4, -0.2) is 156 Å². The smallest absolute Gasteiger partial charge is 0.343 e. The number of urea groups is 1. The Balaban J connectivity index is 0.000000122. The number of nitrogens with one attached hydrogen (secondary N) is 2. The number of fused-ring (bicyclic) bond motifs is 3. The summed E-state index contributed by atoms with van der Waals surface area (Å²) in [6.45, 7) is 8.34. The molecule has 1 fully saturated rings. The van der Waals surface area contributed by atoms with Crippen LogP contribution in [0.25, 0.3) is 90.1 Å². The molecule has 16 aromatic rings. The zero-order valence-electron chi connectivity index (χ0n) is 71.7. The molecule has 20 rings (SSSR count). The van der Waals surface area contributed by atoms with Crippen LogP contribution in [0.3, 0.4) is 0 Å². The number of aromatic nitrogens is 11. The van der Waals surface area contributed by atoms with E-state index in [1.807, 2.05) is 292 Å². The van der Waals surface area contributed by atoms with Gasteiger partial charge in [-0.05, 0) is 94.6 Å². The van der Waals surface area contributed by atoms with E-state index in [1.54, 1.807) is 19.2 Å². The van der Waals surface area contributed by atoms with E-state index < -0.39 is 11.2 Å². The SMILES string of the molecule is CCNC(=O)Nc1nc2c(s1)CN(C(=O)Cn1nc(-c3ccccc3)cc1-c1ccccc1)CC2.O=C(Cn1nc(-c2ccccc2)cc1-c1ccccc1)N1CCN(c2nnc(C(F)(F)F)s2)CC1.O=C(Cn1nc(-c2ccccc2)cc1-c1ccccc1)N1CCc2c(Cl)cccc2C1.O=C(Cn1nc(-c2ccccc2)cc1-c1ccccc1)N1CCc2ccccc2C1. The Labute approximate surface area is 768 Å². The molecule has 10 heterocycles. The lowest BCUT2D eigenvalue weighted by Gasteiger charge is -2.34. The summed E-state index contributed by atoms with van der Waals surface area (Å²) in [6, 6.07) is 102. The second kappa shape index (κ2) is 41.1. The third-order valence-electron chi connectivity index (χ3n) is 23.1. The van der Waals surface area contributed by atoms with Gasteiger partial charge in [0.2, 0.25) is 33.8 Å². The molecule has 6 aromatic heterocycles. The summed E-state index contributed by atoms with van der Waals surface area (Å²) in [5.74, 6) is 0.0647. The van der Waals surface area contributed by atoms with Gasteiger partial charge < -0.3 is 29.8 Å². The quantitative estimate of drug-likeness (QED) is 0.0767. The molecule has 2 N–H and O–H groups in total. The summed E-state index contributed by atoms with van der Waals surface area (Å²) >= 11 is 8.27. The average Bonchev–Trinajstić information content (AvgIpc) is 1.70. The van der Waals surface area contributed by atoms with E-state index >= 15 is 0 Å². The van der Waals surface area contributed by atoms with Gasteiger partial charge in [-0.1, -0.05) is 313 Å². The molecule has 0 saturated carbocycles. The normalized spacial score (nSPS) is 13.4. The van der Waals surface area contributed by atoms with Gasteiger partial charge in [0.25, 0.3) is 0 Å². The second-order valence-corrected chi connectivity index (χ2v) is 34.1. The predicted octanol–water partition coefficient (Wildman–Crippen LogP) is 19.1. The van der Waals surface area contributed by atoms with Gasteiger partial charge in [-0.15, -0.1) is 10.2 Å². The molecular formula is C102H92ClF3N18O5S2. The molecule has 0 atom stereocenters. The van der Waals surface area contributed by atoms with E-state index in [4.69, 9.17) is 32.0 Å². The minimum absolute atomic E-state index is 0.00202. The molecule has 0 radical (unpaired) electrons. The van der Waals surface area contributed by atoms with E-state index in [-0.39, 0.29) is 61.0 Å². The minimum atomic E-state index is -4.51. The van der Waals surface area contributed by atoms with E-state index in [0.29, 0.717) is 88.3 Å². The molecule has 23 nitrogen and oxygen atoms in total. The van der Waals surface area contributed by atoms with Crippen molar-refractivity contribution in [1.82, 2.24) is 79.2 Å². The molecule has 4 aliphatic rings. The molecular weight excluding hydrogens is 1710 g/mol. The Morgan fingerprint density at radius 1 is 0.374 bits per heavy atom. The van der Waals surface area contributed by atoms with Crippen molar-refractivity contribution in [2.75, 3.05) is 62.6 Å². The van der Waals surface area contributed by atoms with E-state index in [1.165, 1.54) is 22.5 Å². The Bertz CT molecular complexity index is 6610. The van der Waals surface area contributed by atoms with Crippen molar-refractivity contribution in [3.05, 3.63) is 352 Å². The number of hydrogen-bond donors (Lipinski definition) is 2. The second-order valence-electron chi connectivity index (χ2n) is 31.7. The summed E-state index contributed by atoms with van der Waals surface area (Å²) in [7, 11) is 0. The molecule has 131 heavy (non-hydrogen) atoms. The van der Waals surface area contributed by atoms with Crippen molar-refractivity contribution in [2.24, 2.45) is 0 Å². The lowest BCUT2D eigenvalue weighted by Crippen LogP contribution is -2.49. The summed E-state index contributed by atoms with van der Waals surface area (Å²) in [4.78, 5) is 79.4. The van der Waals surface area contributed by atoms with Crippen LogP contribution < -0.4 is 15.5 Å². The third kappa shape index (κ3) is 21.7. The Morgan fingerprint density at radius 3 is 1.12 bits per heavy atom. The van der Waals surface area contributed by atoms with Crippen molar-refractivity contribution < 1.29 is 37.1 Å². The fourth-order valence-corrected chi connectivity index (χ4v) is 18.4. The van der Waals surface area contributed by atoms with Crippen molar-refractivity contribution in [2.45, 2.75) is 78.2 Å². The molecule has 6 amide bonds. The van der Waals surface area contributed by atoms with Crippen LogP contribution in [-0.2, 0) is 90.4 Å². The highest BCUT2D eigenvalue weighted by Crippen LogP contribution is 2.38. The number of carbonyl (C=O) groups excluding carboxylic acids is 5. The average molecular weight is 1810 g/mol. The zero-order chi connectivity index (χ0) is 90.2. The van der Waals surface area contributed by atoms with Crippen LogP contribution in [0.4, 0.5) is 28.2 Å². The van der Waals surface area contributed by atoms with Gasteiger partial charge >= 0.3 is 12.2 Å². The lowest BCUT2D eigenvalue weighted by molar-refractivity contribution is -0.138. The largest absolute Gasteiger partial charge is 0.445 e. The van der Waals surface area contributed by atoms with Crippen LogP contribution >= 0.6 is 34.3 Å². The number of carbonyl (C=O) groups is 5. The number of anilines is 2. The van der Waals surface area contributed by atoms with Crippen molar-refractivity contribution in [1.29, 1.82) is 0 Å². The van der Waals surface area contributed by atoms with Crippen molar-refractivity contribution >= 4 is 74.2 Å². The molecule has 29 heteroatoms. The number of benzene rings is 10. The zero-order valence-corrected chi connectivity index (χ0v) is 74.1. The van der Waals surface area contributed by atoms with E-state index in [9.17, 15) is 37.1 Å². The Kier molecular flexibility index (Phi) is 27.7. The fourth-order valence-electron chi connectivity index (χ4n) is 16.3. The summed E-state index contributed by atoms with van der Waals surface area (Å²) < 4.78 is 45.7. The van der Waals surface area contributed by atoms with Crippen LogP contribution in [0.15, 0.2) is 309 Å². The maximum Gasteiger partial charge on any atom is 0.445 e. The number of piperazine rings is 1. The number of thiazole rings is 1. The van der Waals surface area contributed by atoms with Crippen molar-refractivity contribution in [3.63, 3.8) is 0 Å². The van der Waals surface area contributed by atoms with Crippen LogP contribution in [0.1, 0.15) is 44.8 Å². The monoisotopic (exact) mass is 1800 g/mol. The molecule has 0 bridgehead atoms. The molecule has 660 valence electrons.